The van der Waals surface area contributed by atoms with Crippen LogP contribution in [0.3, 0.4) is 0 Å². The molecule has 1 aromatic carbocycles. The van der Waals surface area contributed by atoms with Gasteiger partial charge in [-0.25, -0.2) is 9.19 Å². The highest BCUT2D eigenvalue weighted by molar-refractivity contribution is 7.99. The van der Waals surface area contributed by atoms with Crippen LogP contribution < -0.4 is 5.73 Å². The van der Waals surface area contributed by atoms with Crippen LogP contribution in [-0.2, 0) is 10.8 Å². The largest absolute Gasteiger partial charge is 0.430 e. The summed E-state index contributed by atoms with van der Waals surface area (Å²) >= 11 is 1.85. The fraction of sp³-hybridized carbons (Fsp3) is 0.417. The summed E-state index contributed by atoms with van der Waals surface area (Å²) in [5.41, 5.74) is 7.60. The van der Waals surface area contributed by atoms with Crippen molar-refractivity contribution in [1.82, 2.24) is 4.98 Å². The highest BCUT2D eigenvalue weighted by Crippen LogP contribution is 2.20. The number of benzene rings is 1. The molecule has 4 nitrogen and oxygen atoms in total. The average Bonchev–Trinajstić information content (AvgIpc) is 2.77. The van der Waals surface area contributed by atoms with Crippen molar-refractivity contribution in [2.75, 3.05) is 23.0 Å². The van der Waals surface area contributed by atoms with E-state index >= 15 is 0 Å². The molecule has 0 saturated carbocycles. The van der Waals surface area contributed by atoms with Gasteiger partial charge in [0.2, 0.25) is 0 Å². The minimum atomic E-state index is -1.16. The van der Waals surface area contributed by atoms with Gasteiger partial charge in [0.05, 0.1) is 0 Å². The summed E-state index contributed by atoms with van der Waals surface area (Å²) in [4.78, 5) is 4.22. The third kappa shape index (κ3) is 3.26. The van der Waals surface area contributed by atoms with Gasteiger partial charge in [-0.1, -0.05) is 6.92 Å². The highest BCUT2D eigenvalue weighted by atomic mass is 32.2. The number of nitrogens with zero attached hydrogens (tertiary/aromatic N) is 1. The van der Waals surface area contributed by atoms with E-state index < -0.39 is 10.8 Å². The molecule has 0 saturated heterocycles. The third-order valence-electron chi connectivity index (χ3n) is 2.41. The van der Waals surface area contributed by atoms with E-state index in [0.717, 1.165) is 17.9 Å². The van der Waals surface area contributed by atoms with Gasteiger partial charge in [0.1, 0.15) is 16.3 Å². The molecule has 0 amide bonds. The van der Waals surface area contributed by atoms with E-state index in [2.05, 4.69) is 11.9 Å². The second kappa shape index (κ2) is 6.24. The van der Waals surface area contributed by atoms with Crippen LogP contribution in [0, 0.1) is 0 Å². The molecular weight excluding hydrogens is 268 g/mol. The maximum absolute atomic E-state index is 12.0. The SMILES string of the molecule is CCSCCCS(=O)c1nc2cc(N)ccc2o1. The Morgan fingerprint density at radius 2 is 2.33 bits per heavy atom. The smallest absolute Gasteiger partial charge is 0.287 e. The van der Waals surface area contributed by atoms with E-state index in [0.29, 0.717) is 27.8 Å². The summed E-state index contributed by atoms with van der Waals surface area (Å²) in [5.74, 6) is 2.71. The molecule has 1 heterocycles. The second-order valence-electron chi connectivity index (χ2n) is 3.81. The van der Waals surface area contributed by atoms with Crippen LogP contribution in [0.4, 0.5) is 5.69 Å². The summed E-state index contributed by atoms with van der Waals surface area (Å²) in [5, 5.41) is 0.303. The fourth-order valence-corrected chi connectivity index (χ4v) is 3.33. The monoisotopic (exact) mass is 284 g/mol. The quantitative estimate of drug-likeness (QED) is 0.652. The maximum Gasteiger partial charge on any atom is 0.287 e. The highest BCUT2D eigenvalue weighted by Gasteiger charge is 2.12. The summed E-state index contributed by atoms with van der Waals surface area (Å²) in [6, 6.07) is 5.23. The number of nitrogen functional groups attached to an aromatic ring is 1. The first-order valence-corrected chi connectivity index (χ1v) is 8.30. The molecule has 2 rings (SSSR count). The average molecular weight is 284 g/mol. The fourth-order valence-electron chi connectivity index (χ4n) is 1.54. The Bertz CT molecular complexity index is 554. The number of fused-ring (bicyclic) bond motifs is 1. The molecule has 1 atom stereocenters. The second-order valence-corrected chi connectivity index (χ2v) is 6.65. The Balaban J connectivity index is 2.04. The van der Waals surface area contributed by atoms with Gasteiger partial charge in [-0.3, -0.25) is 0 Å². The molecular formula is C12H16N2O2S2. The lowest BCUT2D eigenvalue weighted by Crippen LogP contribution is -1.99. The van der Waals surface area contributed by atoms with E-state index in [1.54, 1.807) is 18.2 Å². The van der Waals surface area contributed by atoms with Crippen molar-refractivity contribution in [3.8, 4) is 0 Å². The number of oxazole rings is 1. The van der Waals surface area contributed by atoms with Crippen LogP contribution in [0.15, 0.2) is 27.8 Å². The Hall–Kier alpha value is -1.01. The normalized spacial score (nSPS) is 12.9. The molecule has 0 spiro atoms. The predicted molar refractivity (Wildman–Crippen MR) is 77.3 cm³/mol. The maximum atomic E-state index is 12.0. The minimum absolute atomic E-state index is 0.303. The number of nitrogens with two attached hydrogens (primary N) is 1. The van der Waals surface area contributed by atoms with Gasteiger partial charge >= 0.3 is 0 Å². The van der Waals surface area contributed by atoms with Crippen molar-refractivity contribution in [3.63, 3.8) is 0 Å². The van der Waals surface area contributed by atoms with E-state index in [-0.39, 0.29) is 0 Å². The van der Waals surface area contributed by atoms with Gasteiger partial charge in [0.15, 0.2) is 5.58 Å². The standard InChI is InChI=1S/C12H16N2O2S2/c1-2-17-6-3-7-18(15)12-14-10-8-9(13)4-5-11(10)16-12/h4-5,8H,2-3,6-7,13H2,1H3. The number of hydrogen-bond acceptors (Lipinski definition) is 5. The molecule has 0 radical (unpaired) electrons. The Labute approximate surface area is 113 Å². The number of thioether (sulfide) groups is 1. The molecule has 98 valence electrons. The van der Waals surface area contributed by atoms with Crippen molar-refractivity contribution < 1.29 is 8.63 Å². The Morgan fingerprint density at radius 3 is 3.11 bits per heavy atom. The zero-order valence-corrected chi connectivity index (χ0v) is 11.9. The molecule has 0 fully saturated rings. The first kappa shape index (κ1) is 13.4. The van der Waals surface area contributed by atoms with Crippen LogP contribution in [0.2, 0.25) is 0 Å². The van der Waals surface area contributed by atoms with Gasteiger partial charge in [0, 0.05) is 11.4 Å². The number of hydrogen-bond donors (Lipinski definition) is 1. The lowest BCUT2D eigenvalue weighted by molar-refractivity contribution is 0.477. The summed E-state index contributed by atoms with van der Waals surface area (Å²) in [7, 11) is -1.16. The van der Waals surface area contributed by atoms with Crippen LogP contribution in [0.1, 0.15) is 13.3 Å². The molecule has 0 aliphatic heterocycles. The van der Waals surface area contributed by atoms with Crippen LogP contribution in [-0.4, -0.2) is 26.5 Å². The van der Waals surface area contributed by atoms with Crippen molar-refractivity contribution in [2.45, 2.75) is 18.6 Å². The van der Waals surface area contributed by atoms with Crippen molar-refractivity contribution in [2.24, 2.45) is 0 Å². The predicted octanol–water partition coefficient (Wildman–Crippen LogP) is 2.66. The number of aromatic nitrogens is 1. The van der Waals surface area contributed by atoms with Crippen molar-refractivity contribution in [3.05, 3.63) is 18.2 Å². The summed E-state index contributed by atoms with van der Waals surface area (Å²) in [6.45, 7) is 2.12. The van der Waals surface area contributed by atoms with E-state index in [9.17, 15) is 4.21 Å². The van der Waals surface area contributed by atoms with Gasteiger partial charge < -0.3 is 10.2 Å². The first-order chi connectivity index (χ1) is 8.70. The zero-order chi connectivity index (χ0) is 13.0. The van der Waals surface area contributed by atoms with E-state index in [1.165, 1.54) is 0 Å². The molecule has 6 heteroatoms. The van der Waals surface area contributed by atoms with E-state index in [1.807, 2.05) is 11.8 Å². The van der Waals surface area contributed by atoms with Crippen LogP contribution in [0.5, 0.6) is 0 Å². The van der Waals surface area contributed by atoms with Gasteiger partial charge in [-0.15, -0.1) is 0 Å². The minimum Gasteiger partial charge on any atom is -0.430 e. The van der Waals surface area contributed by atoms with Crippen molar-refractivity contribution >= 4 is 39.3 Å². The zero-order valence-electron chi connectivity index (χ0n) is 10.2. The molecule has 0 bridgehead atoms. The Kier molecular flexibility index (Phi) is 4.66. The van der Waals surface area contributed by atoms with E-state index in [4.69, 9.17) is 10.2 Å². The molecule has 1 unspecified atom stereocenters. The number of rotatable bonds is 6. The van der Waals surface area contributed by atoms with Gasteiger partial charge in [-0.05, 0) is 36.1 Å². The Morgan fingerprint density at radius 1 is 1.50 bits per heavy atom. The molecule has 2 aromatic rings. The topological polar surface area (TPSA) is 69.1 Å². The molecule has 18 heavy (non-hydrogen) atoms. The lowest BCUT2D eigenvalue weighted by Gasteiger charge is -1.97. The van der Waals surface area contributed by atoms with Gasteiger partial charge in [-0.2, -0.15) is 11.8 Å². The third-order valence-corrected chi connectivity index (χ3v) is 4.62. The summed E-state index contributed by atoms with van der Waals surface area (Å²) in [6.07, 6.45) is 0.909. The molecule has 0 aliphatic rings. The van der Waals surface area contributed by atoms with Crippen LogP contribution in [0.25, 0.3) is 11.1 Å². The molecule has 0 aliphatic carbocycles. The van der Waals surface area contributed by atoms with Gasteiger partial charge in [0.25, 0.3) is 5.22 Å². The molecule has 2 N–H and O–H groups in total. The number of anilines is 1. The summed E-state index contributed by atoms with van der Waals surface area (Å²) < 4.78 is 17.4. The lowest BCUT2D eigenvalue weighted by atomic mass is 10.3. The first-order valence-electron chi connectivity index (χ1n) is 5.83. The van der Waals surface area contributed by atoms with Crippen LogP contribution >= 0.6 is 11.8 Å². The van der Waals surface area contributed by atoms with Crippen molar-refractivity contribution in [1.29, 1.82) is 0 Å². The molecule has 1 aromatic heterocycles.